The number of aromatic hydroxyl groups is 1. The third kappa shape index (κ3) is 6.27. The second-order valence-corrected chi connectivity index (χ2v) is 9.80. The van der Waals surface area contributed by atoms with E-state index in [0.29, 0.717) is 30.9 Å². The predicted molar refractivity (Wildman–Crippen MR) is 157 cm³/mol. The van der Waals surface area contributed by atoms with Crippen LogP contribution >= 0.6 is 0 Å². The molecule has 1 amide bonds. The third-order valence-electron chi connectivity index (χ3n) is 6.92. The summed E-state index contributed by atoms with van der Waals surface area (Å²) in [6.07, 6.45) is 0. The smallest absolute Gasteiger partial charge is 0.302 e. The van der Waals surface area contributed by atoms with Crippen LogP contribution in [0.3, 0.4) is 0 Å². The fourth-order valence-corrected chi connectivity index (χ4v) is 4.71. The Morgan fingerprint density at radius 3 is 2.12 bits per heavy atom. The van der Waals surface area contributed by atoms with E-state index in [4.69, 9.17) is 4.74 Å². The Hall–Kier alpha value is -4.75. The summed E-state index contributed by atoms with van der Waals surface area (Å²) in [5, 5.41) is 20.1. The van der Waals surface area contributed by atoms with Crippen molar-refractivity contribution in [2.24, 2.45) is 10.2 Å². The van der Waals surface area contributed by atoms with Crippen molar-refractivity contribution in [1.29, 1.82) is 0 Å². The standard InChI is InChI=1S/C33H32N4O3/c1-24-12-11-19-30(25(24)2)40-22-31(38)34-35-32-28-17-9-10-18-29(28)37(33(32)39)23-36(20-26-13-5-3-6-14-26)21-27-15-7-4-8-16-27/h3-19,39H,20-23H2,1-2H3. The Bertz CT molecular complexity index is 1590. The van der Waals surface area contributed by atoms with Gasteiger partial charge >= 0.3 is 5.91 Å². The molecule has 5 rings (SSSR count). The lowest BCUT2D eigenvalue weighted by molar-refractivity contribution is -0.120. The molecule has 0 radical (unpaired) electrons. The Labute approximate surface area is 234 Å². The normalized spacial score (nSPS) is 11.5. The molecule has 0 saturated carbocycles. The molecule has 5 aromatic rings. The molecular formula is C33H32N4O3. The number of benzene rings is 4. The van der Waals surface area contributed by atoms with Gasteiger partial charge < -0.3 is 9.84 Å². The molecule has 0 aliphatic carbocycles. The highest BCUT2D eigenvalue weighted by Gasteiger charge is 2.19. The first-order chi connectivity index (χ1) is 19.5. The monoisotopic (exact) mass is 532 g/mol. The van der Waals surface area contributed by atoms with Crippen LogP contribution in [0.5, 0.6) is 11.6 Å². The maximum absolute atomic E-state index is 12.5. The molecule has 1 N–H and O–H groups in total. The van der Waals surface area contributed by atoms with Crippen LogP contribution in [0, 0.1) is 13.8 Å². The Morgan fingerprint density at radius 2 is 1.45 bits per heavy atom. The van der Waals surface area contributed by atoms with E-state index in [1.807, 2.05) is 97.3 Å². The molecule has 0 bridgehead atoms. The van der Waals surface area contributed by atoms with Crippen LogP contribution in [0.15, 0.2) is 113 Å². The quantitative estimate of drug-likeness (QED) is 0.191. The predicted octanol–water partition coefficient (Wildman–Crippen LogP) is 7.31. The molecule has 1 aromatic heterocycles. The van der Waals surface area contributed by atoms with Crippen LogP contribution in [0.2, 0.25) is 0 Å². The SMILES string of the molecule is Cc1cccc(OCC(=O)N=Nc2c(O)n(CN(Cc3ccccc3)Cc3ccccc3)c3ccccc23)c1C. The fourth-order valence-electron chi connectivity index (χ4n) is 4.71. The molecule has 0 aliphatic heterocycles. The van der Waals surface area contributed by atoms with Crippen LogP contribution in [0.25, 0.3) is 10.9 Å². The van der Waals surface area contributed by atoms with Gasteiger partial charge in [-0.05, 0) is 48.2 Å². The lowest BCUT2D eigenvalue weighted by atomic mass is 10.1. The molecule has 0 saturated heterocycles. The largest absolute Gasteiger partial charge is 0.493 e. The van der Waals surface area contributed by atoms with Crippen LogP contribution in [-0.2, 0) is 24.6 Å². The zero-order valence-corrected chi connectivity index (χ0v) is 22.7. The number of fused-ring (bicyclic) bond motifs is 1. The van der Waals surface area contributed by atoms with E-state index in [2.05, 4.69) is 39.4 Å². The molecule has 40 heavy (non-hydrogen) atoms. The van der Waals surface area contributed by atoms with Crippen molar-refractivity contribution >= 4 is 22.5 Å². The van der Waals surface area contributed by atoms with E-state index in [9.17, 15) is 9.90 Å². The summed E-state index contributed by atoms with van der Waals surface area (Å²) in [5.41, 5.74) is 5.46. The second kappa shape index (κ2) is 12.4. The zero-order chi connectivity index (χ0) is 27.9. The molecule has 0 spiro atoms. The molecule has 0 fully saturated rings. The minimum Gasteiger partial charge on any atom is -0.493 e. The van der Waals surface area contributed by atoms with Gasteiger partial charge in [0.15, 0.2) is 12.3 Å². The topological polar surface area (TPSA) is 79.4 Å². The van der Waals surface area contributed by atoms with Crippen LogP contribution < -0.4 is 4.74 Å². The van der Waals surface area contributed by atoms with E-state index in [0.717, 1.165) is 16.6 Å². The van der Waals surface area contributed by atoms with E-state index < -0.39 is 5.91 Å². The molecule has 0 unspecified atom stereocenters. The summed E-state index contributed by atoms with van der Waals surface area (Å²) >= 11 is 0. The van der Waals surface area contributed by atoms with Gasteiger partial charge in [-0.3, -0.25) is 14.3 Å². The van der Waals surface area contributed by atoms with Crippen molar-refractivity contribution in [3.8, 4) is 11.6 Å². The molecule has 0 aliphatic rings. The maximum atomic E-state index is 12.5. The minimum absolute atomic E-state index is 0.0423. The van der Waals surface area contributed by atoms with Crippen LogP contribution in [0.4, 0.5) is 5.69 Å². The van der Waals surface area contributed by atoms with E-state index in [-0.39, 0.29) is 18.2 Å². The lowest BCUT2D eigenvalue weighted by Gasteiger charge is -2.24. The number of rotatable bonds is 10. The molecule has 7 heteroatoms. The Kier molecular flexibility index (Phi) is 8.32. The number of hydrogen-bond donors (Lipinski definition) is 1. The van der Waals surface area contributed by atoms with Crippen molar-refractivity contribution in [3.05, 3.63) is 125 Å². The number of ether oxygens (including phenoxy) is 1. The van der Waals surface area contributed by atoms with Gasteiger partial charge in [-0.25, -0.2) is 0 Å². The van der Waals surface area contributed by atoms with Gasteiger partial charge in [-0.2, -0.15) is 0 Å². The van der Waals surface area contributed by atoms with Gasteiger partial charge in [-0.15, -0.1) is 10.2 Å². The summed E-state index contributed by atoms with van der Waals surface area (Å²) in [4.78, 5) is 14.8. The minimum atomic E-state index is -0.535. The van der Waals surface area contributed by atoms with Gasteiger partial charge in [0.05, 0.1) is 12.2 Å². The van der Waals surface area contributed by atoms with Crippen molar-refractivity contribution in [1.82, 2.24) is 9.47 Å². The maximum Gasteiger partial charge on any atom is 0.302 e. The highest BCUT2D eigenvalue weighted by atomic mass is 16.5. The van der Waals surface area contributed by atoms with Gasteiger partial charge in [-0.1, -0.05) is 91.0 Å². The summed E-state index contributed by atoms with van der Waals surface area (Å²) in [5.74, 6) is 0.0613. The van der Waals surface area contributed by atoms with E-state index in [1.165, 1.54) is 11.1 Å². The van der Waals surface area contributed by atoms with Crippen LogP contribution in [-0.4, -0.2) is 27.1 Å². The molecular weight excluding hydrogens is 500 g/mol. The first-order valence-corrected chi connectivity index (χ1v) is 13.2. The number of para-hydroxylation sites is 1. The van der Waals surface area contributed by atoms with E-state index in [1.54, 1.807) is 0 Å². The Balaban J connectivity index is 1.39. The molecule has 7 nitrogen and oxygen atoms in total. The average Bonchev–Trinajstić information content (AvgIpc) is 3.24. The number of carbonyl (C=O) groups is 1. The number of hydrogen-bond acceptors (Lipinski definition) is 5. The highest BCUT2D eigenvalue weighted by Crippen LogP contribution is 2.39. The summed E-state index contributed by atoms with van der Waals surface area (Å²) in [6, 6.07) is 33.8. The third-order valence-corrected chi connectivity index (χ3v) is 6.92. The van der Waals surface area contributed by atoms with Crippen molar-refractivity contribution in [2.75, 3.05) is 6.61 Å². The van der Waals surface area contributed by atoms with Gasteiger partial charge in [0.1, 0.15) is 5.75 Å². The average molecular weight is 533 g/mol. The summed E-state index contributed by atoms with van der Waals surface area (Å²) < 4.78 is 7.49. The van der Waals surface area contributed by atoms with Gasteiger partial charge in [0, 0.05) is 18.5 Å². The number of azo groups is 1. The fraction of sp³-hybridized carbons (Fsp3) is 0.182. The van der Waals surface area contributed by atoms with Crippen LogP contribution in [0.1, 0.15) is 22.3 Å². The lowest BCUT2D eigenvalue weighted by Crippen LogP contribution is -2.25. The van der Waals surface area contributed by atoms with Gasteiger partial charge in [0.2, 0.25) is 5.88 Å². The number of aryl methyl sites for hydroxylation is 1. The number of carbonyl (C=O) groups excluding carboxylic acids is 1. The summed E-state index contributed by atoms with van der Waals surface area (Å²) in [7, 11) is 0. The molecule has 1 heterocycles. The number of amides is 1. The molecule has 0 atom stereocenters. The second-order valence-electron chi connectivity index (χ2n) is 9.80. The first kappa shape index (κ1) is 26.8. The van der Waals surface area contributed by atoms with Gasteiger partial charge in [0.25, 0.3) is 0 Å². The summed E-state index contributed by atoms with van der Waals surface area (Å²) in [6.45, 7) is 5.48. The zero-order valence-electron chi connectivity index (χ0n) is 22.7. The molecule has 202 valence electrons. The molecule has 4 aromatic carbocycles. The number of nitrogens with zero attached hydrogens (tertiary/aromatic N) is 4. The van der Waals surface area contributed by atoms with E-state index >= 15 is 0 Å². The Morgan fingerprint density at radius 1 is 0.825 bits per heavy atom. The highest BCUT2D eigenvalue weighted by molar-refractivity contribution is 5.95. The van der Waals surface area contributed by atoms with Crippen molar-refractivity contribution in [3.63, 3.8) is 0 Å². The van der Waals surface area contributed by atoms with Crippen molar-refractivity contribution in [2.45, 2.75) is 33.6 Å². The van der Waals surface area contributed by atoms with Crippen molar-refractivity contribution < 1.29 is 14.6 Å². The number of aromatic nitrogens is 1. The first-order valence-electron chi connectivity index (χ1n) is 13.2.